The first kappa shape index (κ1) is 18.8. The van der Waals surface area contributed by atoms with E-state index >= 15 is 0 Å². The highest BCUT2D eigenvalue weighted by molar-refractivity contribution is 7.89. The van der Waals surface area contributed by atoms with E-state index in [0.717, 1.165) is 4.90 Å². The zero-order chi connectivity index (χ0) is 18.7. The van der Waals surface area contributed by atoms with Gasteiger partial charge in [-0.2, -0.15) is 4.31 Å². The summed E-state index contributed by atoms with van der Waals surface area (Å²) in [5.74, 6) is 0.814. The predicted octanol–water partition coefficient (Wildman–Crippen LogP) is 0.164. The molecule has 0 aliphatic carbocycles. The fourth-order valence-corrected chi connectivity index (χ4v) is 4.79. The third-order valence-electron chi connectivity index (χ3n) is 4.19. The van der Waals surface area contributed by atoms with Crippen LogP contribution in [-0.4, -0.2) is 56.5 Å². The lowest BCUT2D eigenvalue weighted by Gasteiger charge is -2.31. The average Bonchev–Trinajstić information content (AvgIpc) is 3.00. The summed E-state index contributed by atoms with van der Waals surface area (Å²) in [6.45, 7) is 3.72. The average molecular weight is 400 g/mol. The first-order valence-electron chi connectivity index (χ1n) is 8.17. The van der Waals surface area contributed by atoms with Gasteiger partial charge in [0.25, 0.3) is 5.91 Å². The molecule has 2 heterocycles. The van der Waals surface area contributed by atoms with E-state index in [4.69, 9.17) is 16.1 Å². The highest BCUT2D eigenvalue weighted by atomic mass is 35.5. The van der Waals surface area contributed by atoms with Crippen molar-refractivity contribution >= 4 is 33.3 Å². The number of piperazine rings is 1. The number of quaternary nitrogens is 1. The summed E-state index contributed by atoms with van der Waals surface area (Å²) in [5.41, 5.74) is 0. The van der Waals surface area contributed by atoms with Crippen molar-refractivity contribution in [1.82, 2.24) is 9.46 Å². The van der Waals surface area contributed by atoms with Gasteiger partial charge in [0.2, 0.25) is 10.0 Å². The molecule has 2 N–H and O–H groups in total. The van der Waals surface area contributed by atoms with Crippen molar-refractivity contribution in [2.24, 2.45) is 0 Å². The molecule has 0 unspecified atom stereocenters. The number of nitrogens with one attached hydrogen (secondary N) is 2. The van der Waals surface area contributed by atoms with Crippen molar-refractivity contribution in [3.8, 4) is 0 Å². The maximum absolute atomic E-state index is 12.7. The number of rotatable bonds is 5. The number of aryl methyl sites for hydroxylation is 1. The van der Waals surface area contributed by atoms with E-state index < -0.39 is 10.0 Å². The Bertz CT molecular complexity index is 891. The highest BCUT2D eigenvalue weighted by Gasteiger charge is 2.32. The molecule has 1 aliphatic rings. The number of nitrogens with zero attached hydrogens (tertiary/aromatic N) is 2. The largest absolute Gasteiger partial charge is 0.360 e. The lowest BCUT2D eigenvalue weighted by molar-refractivity contribution is -0.895. The molecule has 1 fully saturated rings. The quantitative estimate of drug-likeness (QED) is 0.746. The molecule has 0 bridgehead atoms. The number of hydrogen-bond donors (Lipinski definition) is 2. The Balaban J connectivity index is 1.55. The first-order chi connectivity index (χ1) is 12.4. The summed E-state index contributed by atoms with van der Waals surface area (Å²) in [4.78, 5) is 13.2. The second-order valence-corrected chi connectivity index (χ2v) is 8.45. The van der Waals surface area contributed by atoms with Crippen LogP contribution in [0.3, 0.4) is 0 Å². The molecule has 1 amide bonds. The highest BCUT2D eigenvalue weighted by Crippen LogP contribution is 2.24. The van der Waals surface area contributed by atoms with Crippen molar-refractivity contribution in [3.63, 3.8) is 0 Å². The topological polar surface area (TPSA) is 97.0 Å². The van der Waals surface area contributed by atoms with E-state index in [1.54, 1.807) is 31.2 Å². The van der Waals surface area contributed by atoms with E-state index in [0.29, 0.717) is 37.8 Å². The molecule has 3 rings (SSSR count). The number of anilines is 1. The monoisotopic (exact) mass is 399 g/mol. The molecule has 0 saturated carbocycles. The number of hydrogen-bond acceptors (Lipinski definition) is 5. The normalized spacial score (nSPS) is 16.5. The van der Waals surface area contributed by atoms with E-state index in [1.165, 1.54) is 10.4 Å². The van der Waals surface area contributed by atoms with Crippen molar-refractivity contribution < 1.29 is 22.6 Å². The Hall–Kier alpha value is -1.94. The molecule has 1 saturated heterocycles. The molecule has 2 aromatic rings. The van der Waals surface area contributed by atoms with Crippen LogP contribution in [0, 0.1) is 6.92 Å². The van der Waals surface area contributed by atoms with Gasteiger partial charge in [-0.25, -0.2) is 8.42 Å². The lowest BCUT2D eigenvalue weighted by Crippen LogP contribution is -3.15. The maximum atomic E-state index is 12.7. The smallest absolute Gasteiger partial charge is 0.280 e. The molecule has 0 atom stereocenters. The van der Waals surface area contributed by atoms with Gasteiger partial charge in [-0.15, -0.1) is 0 Å². The van der Waals surface area contributed by atoms with Crippen LogP contribution in [0.4, 0.5) is 5.82 Å². The van der Waals surface area contributed by atoms with Crippen LogP contribution in [0.5, 0.6) is 0 Å². The molecule has 8 nitrogen and oxygen atoms in total. The van der Waals surface area contributed by atoms with E-state index in [9.17, 15) is 13.2 Å². The number of aromatic nitrogens is 1. The van der Waals surface area contributed by atoms with Gasteiger partial charge in [-0.05, 0) is 19.1 Å². The van der Waals surface area contributed by atoms with Crippen molar-refractivity contribution in [3.05, 3.63) is 41.1 Å². The lowest BCUT2D eigenvalue weighted by atomic mass is 10.3. The summed E-state index contributed by atoms with van der Waals surface area (Å²) >= 11 is 6.03. The van der Waals surface area contributed by atoms with Crippen LogP contribution < -0.4 is 10.2 Å². The molecule has 1 aromatic heterocycles. The summed E-state index contributed by atoms with van der Waals surface area (Å²) in [5, 5.41) is 6.60. The summed E-state index contributed by atoms with van der Waals surface area (Å²) < 4.78 is 31.7. The SMILES string of the molecule is Cc1cc(NC(=O)C[NH+]2CCN(S(=O)(=O)c3ccccc3Cl)CC2)no1. The van der Waals surface area contributed by atoms with Crippen molar-refractivity contribution in [2.45, 2.75) is 11.8 Å². The zero-order valence-electron chi connectivity index (χ0n) is 14.2. The van der Waals surface area contributed by atoms with E-state index in [-0.39, 0.29) is 22.4 Å². The zero-order valence-corrected chi connectivity index (χ0v) is 15.8. The van der Waals surface area contributed by atoms with Crippen molar-refractivity contribution in [1.29, 1.82) is 0 Å². The van der Waals surface area contributed by atoms with Gasteiger partial charge in [0.15, 0.2) is 12.4 Å². The maximum Gasteiger partial charge on any atom is 0.280 e. The Morgan fingerprint density at radius 1 is 1.35 bits per heavy atom. The number of halogens is 1. The standard InChI is InChI=1S/C16H19ClN4O4S/c1-12-10-15(19-25-12)18-16(22)11-20-6-8-21(9-7-20)26(23,24)14-5-3-2-4-13(14)17/h2-5,10H,6-9,11H2,1H3,(H,18,19,22)/p+1. The third kappa shape index (κ3) is 4.24. The van der Waals surface area contributed by atoms with Gasteiger partial charge in [-0.1, -0.05) is 28.9 Å². The molecule has 26 heavy (non-hydrogen) atoms. The van der Waals surface area contributed by atoms with E-state index in [2.05, 4.69) is 10.5 Å². The molecule has 140 valence electrons. The molecule has 0 radical (unpaired) electrons. The van der Waals surface area contributed by atoms with Crippen LogP contribution in [-0.2, 0) is 14.8 Å². The number of benzene rings is 1. The minimum Gasteiger partial charge on any atom is -0.360 e. The number of sulfonamides is 1. The second-order valence-electron chi connectivity index (χ2n) is 6.13. The Labute approximate surface area is 156 Å². The van der Waals surface area contributed by atoms with Gasteiger partial charge in [0.05, 0.1) is 31.2 Å². The molecular formula is C16H20ClN4O4S+. The molecule has 0 spiro atoms. The Kier molecular flexibility index (Phi) is 5.61. The number of carbonyl (C=O) groups is 1. The van der Waals surface area contributed by atoms with Crippen LogP contribution in [0.2, 0.25) is 5.02 Å². The van der Waals surface area contributed by atoms with Gasteiger partial charge in [0.1, 0.15) is 10.7 Å². The van der Waals surface area contributed by atoms with Crippen molar-refractivity contribution in [2.75, 3.05) is 38.0 Å². The molecule has 1 aromatic carbocycles. The van der Waals surface area contributed by atoms with Gasteiger partial charge in [0, 0.05) is 6.07 Å². The van der Waals surface area contributed by atoms with Gasteiger partial charge >= 0.3 is 0 Å². The molecule has 1 aliphatic heterocycles. The number of amides is 1. The minimum atomic E-state index is -3.63. The van der Waals surface area contributed by atoms with Gasteiger partial charge in [-0.3, -0.25) is 4.79 Å². The number of carbonyl (C=O) groups excluding carboxylic acids is 1. The second kappa shape index (κ2) is 7.75. The summed E-state index contributed by atoms with van der Waals surface area (Å²) in [6.07, 6.45) is 0. The van der Waals surface area contributed by atoms with Gasteiger partial charge < -0.3 is 14.7 Å². The van der Waals surface area contributed by atoms with E-state index in [1.807, 2.05) is 0 Å². The molecular weight excluding hydrogens is 380 g/mol. The Morgan fingerprint density at radius 3 is 2.65 bits per heavy atom. The summed E-state index contributed by atoms with van der Waals surface area (Å²) in [7, 11) is -3.63. The Morgan fingerprint density at radius 2 is 2.04 bits per heavy atom. The first-order valence-corrected chi connectivity index (χ1v) is 9.99. The molecule has 10 heteroatoms. The predicted molar refractivity (Wildman–Crippen MR) is 95.6 cm³/mol. The van der Waals surface area contributed by atoms with Crippen LogP contribution in [0.15, 0.2) is 39.8 Å². The fourth-order valence-electron chi connectivity index (χ4n) is 2.85. The summed E-state index contributed by atoms with van der Waals surface area (Å²) in [6, 6.07) is 8.05. The van der Waals surface area contributed by atoms with Crippen LogP contribution >= 0.6 is 11.6 Å². The minimum absolute atomic E-state index is 0.115. The van der Waals surface area contributed by atoms with Crippen LogP contribution in [0.25, 0.3) is 0 Å². The van der Waals surface area contributed by atoms with Crippen LogP contribution in [0.1, 0.15) is 5.76 Å². The third-order valence-corrected chi connectivity index (χ3v) is 6.59. The fraction of sp³-hybridized carbons (Fsp3) is 0.375.